The van der Waals surface area contributed by atoms with Crippen LogP contribution in [0, 0.1) is 12.7 Å². The molecule has 3 aromatic rings. The fourth-order valence-corrected chi connectivity index (χ4v) is 3.60. The zero-order valence-corrected chi connectivity index (χ0v) is 16.3. The summed E-state index contributed by atoms with van der Waals surface area (Å²) in [6.45, 7) is 2.09. The Balaban J connectivity index is 1.46. The SMILES string of the molecule is Cc1ccc(Sc2ccc(C=C3NC(=O)N(Cc4ccc(F)cc4)C3=O)o2)cc1. The van der Waals surface area contributed by atoms with Gasteiger partial charge in [-0.3, -0.25) is 9.69 Å². The van der Waals surface area contributed by atoms with Crippen molar-refractivity contribution in [3.63, 3.8) is 0 Å². The molecule has 0 unspecified atom stereocenters. The molecule has 0 aliphatic carbocycles. The first-order valence-electron chi connectivity index (χ1n) is 8.91. The molecule has 0 atom stereocenters. The fourth-order valence-electron chi connectivity index (χ4n) is 2.82. The molecule has 29 heavy (non-hydrogen) atoms. The molecule has 0 radical (unpaired) electrons. The molecule has 146 valence electrons. The van der Waals surface area contributed by atoms with Crippen LogP contribution in [0.2, 0.25) is 0 Å². The van der Waals surface area contributed by atoms with Crippen LogP contribution in [0.5, 0.6) is 0 Å². The van der Waals surface area contributed by atoms with Gasteiger partial charge in [0.1, 0.15) is 17.3 Å². The predicted molar refractivity (Wildman–Crippen MR) is 107 cm³/mol. The summed E-state index contributed by atoms with van der Waals surface area (Å²) in [5, 5.41) is 3.24. The first kappa shape index (κ1) is 19.0. The van der Waals surface area contributed by atoms with Crippen LogP contribution in [0.4, 0.5) is 9.18 Å². The van der Waals surface area contributed by atoms with E-state index < -0.39 is 11.9 Å². The highest BCUT2D eigenvalue weighted by Gasteiger charge is 2.33. The van der Waals surface area contributed by atoms with Crippen molar-refractivity contribution in [3.05, 3.63) is 89.1 Å². The van der Waals surface area contributed by atoms with Crippen LogP contribution >= 0.6 is 11.8 Å². The molecule has 0 spiro atoms. The molecule has 1 N–H and O–H groups in total. The third-order valence-corrected chi connectivity index (χ3v) is 5.27. The number of benzene rings is 2. The van der Waals surface area contributed by atoms with Gasteiger partial charge in [0.15, 0.2) is 5.09 Å². The van der Waals surface area contributed by atoms with Crippen LogP contribution in [0.15, 0.2) is 80.8 Å². The van der Waals surface area contributed by atoms with Crippen LogP contribution < -0.4 is 5.32 Å². The third kappa shape index (κ3) is 4.41. The number of aryl methyl sites for hydroxylation is 1. The standard InChI is InChI=1S/C22H17FN2O3S/c1-14-2-9-18(10-3-14)29-20-11-8-17(28-20)12-19-21(26)25(22(27)24-19)13-15-4-6-16(23)7-5-15/h2-12H,13H2,1H3,(H,24,27). The molecule has 4 rings (SSSR count). The topological polar surface area (TPSA) is 62.6 Å². The molecule has 1 fully saturated rings. The van der Waals surface area contributed by atoms with Crippen molar-refractivity contribution < 1.29 is 18.4 Å². The second-order valence-electron chi connectivity index (χ2n) is 6.58. The quantitative estimate of drug-likeness (QED) is 0.478. The summed E-state index contributed by atoms with van der Waals surface area (Å²) in [5.41, 5.74) is 1.98. The highest BCUT2D eigenvalue weighted by atomic mass is 32.2. The molecule has 2 heterocycles. The molecule has 1 aliphatic heterocycles. The lowest BCUT2D eigenvalue weighted by molar-refractivity contribution is -0.123. The lowest BCUT2D eigenvalue weighted by Gasteiger charge is -2.11. The molecule has 1 aliphatic rings. The summed E-state index contributed by atoms with van der Waals surface area (Å²) in [4.78, 5) is 26.9. The van der Waals surface area contributed by atoms with Crippen LogP contribution in [-0.2, 0) is 11.3 Å². The van der Waals surface area contributed by atoms with E-state index in [-0.39, 0.29) is 18.1 Å². The van der Waals surface area contributed by atoms with Gasteiger partial charge in [0.2, 0.25) is 0 Å². The Kier molecular flexibility index (Phi) is 5.22. The van der Waals surface area contributed by atoms with Gasteiger partial charge in [-0.05, 0) is 48.9 Å². The van der Waals surface area contributed by atoms with Crippen molar-refractivity contribution >= 4 is 29.8 Å². The normalized spacial score (nSPS) is 15.2. The van der Waals surface area contributed by atoms with Gasteiger partial charge in [-0.1, -0.05) is 41.6 Å². The second-order valence-corrected chi connectivity index (χ2v) is 7.66. The third-order valence-electron chi connectivity index (χ3n) is 4.34. The average molecular weight is 408 g/mol. The van der Waals surface area contributed by atoms with E-state index in [1.54, 1.807) is 18.2 Å². The minimum Gasteiger partial charge on any atom is -0.450 e. The molecule has 2 aromatic carbocycles. The Morgan fingerprint density at radius 3 is 2.48 bits per heavy atom. The maximum Gasteiger partial charge on any atom is 0.329 e. The Bertz CT molecular complexity index is 1090. The van der Waals surface area contributed by atoms with E-state index in [2.05, 4.69) is 5.32 Å². The Hall–Kier alpha value is -3.32. The fraction of sp³-hybridized carbons (Fsp3) is 0.0909. The number of imide groups is 1. The molecule has 0 saturated carbocycles. The first-order valence-corrected chi connectivity index (χ1v) is 9.73. The van der Waals surface area contributed by atoms with Crippen LogP contribution in [-0.4, -0.2) is 16.8 Å². The average Bonchev–Trinajstić information content (AvgIpc) is 3.25. The zero-order chi connectivity index (χ0) is 20.4. The van der Waals surface area contributed by atoms with Gasteiger partial charge in [-0.25, -0.2) is 9.18 Å². The van der Waals surface area contributed by atoms with Crippen LogP contribution in [0.1, 0.15) is 16.9 Å². The molecule has 7 heteroatoms. The summed E-state index contributed by atoms with van der Waals surface area (Å²) < 4.78 is 18.8. The summed E-state index contributed by atoms with van der Waals surface area (Å²) in [7, 11) is 0. The maximum absolute atomic E-state index is 13.0. The molecule has 1 saturated heterocycles. The van der Waals surface area contributed by atoms with Crippen LogP contribution in [0.3, 0.4) is 0 Å². The van der Waals surface area contributed by atoms with Gasteiger partial charge in [-0.2, -0.15) is 0 Å². The van der Waals surface area contributed by atoms with Crippen molar-refractivity contribution in [1.82, 2.24) is 10.2 Å². The molecule has 0 bridgehead atoms. The summed E-state index contributed by atoms with van der Waals surface area (Å²) in [6, 6.07) is 16.8. The lowest BCUT2D eigenvalue weighted by Crippen LogP contribution is -2.30. The highest BCUT2D eigenvalue weighted by Crippen LogP contribution is 2.30. The van der Waals surface area contributed by atoms with Gasteiger partial charge in [-0.15, -0.1) is 0 Å². The number of furan rings is 1. The minimum absolute atomic E-state index is 0.0645. The Labute approximate surface area is 171 Å². The predicted octanol–water partition coefficient (Wildman–Crippen LogP) is 4.97. The summed E-state index contributed by atoms with van der Waals surface area (Å²) >= 11 is 1.47. The number of amides is 3. The smallest absolute Gasteiger partial charge is 0.329 e. The lowest BCUT2D eigenvalue weighted by atomic mass is 10.2. The van der Waals surface area contributed by atoms with E-state index >= 15 is 0 Å². The van der Waals surface area contributed by atoms with Gasteiger partial charge < -0.3 is 9.73 Å². The van der Waals surface area contributed by atoms with Gasteiger partial charge in [0.25, 0.3) is 5.91 Å². The molecule has 3 amide bonds. The van der Waals surface area contributed by atoms with Crippen molar-refractivity contribution in [2.24, 2.45) is 0 Å². The van der Waals surface area contributed by atoms with Gasteiger partial charge >= 0.3 is 6.03 Å². The monoisotopic (exact) mass is 408 g/mol. The number of carbonyl (C=O) groups excluding carboxylic acids is 2. The number of nitrogens with zero attached hydrogens (tertiary/aromatic N) is 1. The molecular weight excluding hydrogens is 391 g/mol. The molecule has 1 aromatic heterocycles. The van der Waals surface area contributed by atoms with Gasteiger partial charge in [0, 0.05) is 11.0 Å². The number of urea groups is 1. The van der Waals surface area contributed by atoms with E-state index in [0.717, 1.165) is 9.80 Å². The first-order chi connectivity index (χ1) is 14.0. The number of carbonyl (C=O) groups is 2. The van der Waals surface area contributed by atoms with Crippen molar-refractivity contribution in [2.45, 2.75) is 23.5 Å². The van der Waals surface area contributed by atoms with Crippen LogP contribution in [0.25, 0.3) is 6.08 Å². The maximum atomic E-state index is 13.0. The number of halogens is 1. The van der Waals surface area contributed by atoms with Crippen molar-refractivity contribution in [2.75, 3.05) is 0 Å². The Morgan fingerprint density at radius 2 is 1.76 bits per heavy atom. The number of rotatable bonds is 5. The molecule has 5 nitrogen and oxygen atoms in total. The van der Waals surface area contributed by atoms with E-state index in [1.165, 1.54) is 35.5 Å². The summed E-state index contributed by atoms with van der Waals surface area (Å²) in [6.07, 6.45) is 1.50. The number of nitrogens with one attached hydrogen (secondary N) is 1. The van der Waals surface area contributed by atoms with E-state index in [0.29, 0.717) is 16.4 Å². The molecular formula is C22H17FN2O3S. The van der Waals surface area contributed by atoms with E-state index in [4.69, 9.17) is 4.42 Å². The summed E-state index contributed by atoms with van der Waals surface area (Å²) in [5.74, 6) is -0.362. The second kappa shape index (κ2) is 7.97. The van der Waals surface area contributed by atoms with E-state index in [9.17, 15) is 14.0 Å². The largest absolute Gasteiger partial charge is 0.450 e. The zero-order valence-electron chi connectivity index (χ0n) is 15.5. The van der Waals surface area contributed by atoms with Gasteiger partial charge in [0.05, 0.1) is 6.54 Å². The number of hydrogen-bond donors (Lipinski definition) is 1. The Morgan fingerprint density at radius 1 is 1.03 bits per heavy atom. The minimum atomic E-state index is -0.522. The van der Waals surface area contributed by atoms with Crippen molar-refractivity contribution in [3.8, 4) is 0 Å². The number of hydrogen-bond acceptors (Lipinski definition) is 4. The van der Waals surface area contributed by atoms with E-state index in [1.807, 2.05) is 37.3 Å². The highest BCUT2D eigenvalue weighted by molar-refractivity contribution is 7.99. The van der Waals surface area contributed by atoms with Crippen molar-refractivity contribution in [1.29, 1.82) is 0 Å².